The average Bonchev–Trinajstić information content (AvgIpc) is 3.18. The molecule has 4 rings (SSSR count). The van der Waals surface area contributed by atoms with Crippen LogP contribution in [0.3, 0.4) is 0 Å². The first-order chi connectivity index (χ1) is 11.2. The molecule has 2 aliphatic rings. The standard InChI is InChI=1S/C18H20N4O.ClH/c1-12-2-7-16(21-20-12)13-3-5-14(6-4-13)18(23)22-9-8-15-10-19-11-17(15)22;/h2-7,15,17,19H,8-11H2,1H3;1H/t15-,17+;/m0./s1. The molecule has 2 aromatic rings. The molecule has 126 valence electrons. The van der Waals surface area contributed by atoms with Gasteiger partial charge in [0.1, 0.15) is 0 Å². The lowest BCUT2D eigenvalue weighted by Gasteiger charge is -2.23. The van der Waals surface area contributed by atoms with E-state index < -0.39 is 0 Å². The Bertz CT molecular complexity index is 717. The molecule has 0 aliphatic carbocycles. The first-order valence-corrected chi connectivity index (χ1v) is 8.15. The number of amides is 1. The van der Waals surface area contributed by atoms with Crippen molar-refractivity contribution in [2.75, 3.05) is 19.6 Å². The molecule has 0 bridgehead atoms. The van der Waals surface area contributed by atoms with E-state index in [1.165, 1.54) is 0 Å². The summed E-state index contributed by atoms with van der Waals surface area (Å²) in [6, 6.07) is 12.0. The van der Waals surface area contributed by atoms with Gasteiger partial charge in [-0.1, -0.05) is 12.1 Å². The lowest BCUT2D eigenvalue weighted by Crippen LogP contribution is -2.39. The Morgan fingerprint density at radius 2 is 1.92 bits per heavy atom. The number of fused-ring (bicyclic) bond motifs is 1. The van der Waals surface area contributed by atoms with Gasteiger partial charge in [-0.25, -0.2) is 0 Å². The van der Waals surface area contributed by atoms with E-state index >= 15 is 0 Å². The molecule has 24 heavy (non-hydrogen) atoms. The Labute approximate surface area is 147 Å². The fourth-order valence-corrected chi connectivity index (χ4v) is 3.60. The van der Waals surface area contributed by atoms with E-state index in [9.17, 15) is 4.79 Å². The normalized spacial score (nSPS) is 22.1. The highest BCUT2D eigenvalue weighted by atomic mass is 35.5. The minimum absolute atomic E-state index is 0. The Balaban J connectivity index is 0.00000169. The third kappa shape index (κ3) is 3.01. The second-order valence-electron chi connectivity index (χ2n) is 6.41. The van der Waals surface area contributed by atoms with Crippen LogP contribution in [0.15, 0.2) is 36.4 Å². The summed E-state index contributed by atoms with van der Waals surface area (Å²) < 4.78 is 0. The highest BCUT2D eigenvalue weighted by molar-refractivity contribution is 5.95. The van der Waals surface area contributed by atoms with Gasteiger partial charge in [-0.05, 0) is 43.5 Å². The van der Waals surface area contributed by atoms with Crippen LogP contribution in [-0.4, -0.2) is 46.7 Å². The van der Waals surface area contributed by atoms with Crippen LogP contribution < -0.4 is 5.32 Å². The quantitative estimate of drug-likeness (QED) is 0.908. The molecule has 2 atom stereocenters. The monoisotopic (exact) mass is 344 g/mol. The zero-order chi connectivity index (χ0) is 15.8. The number of carbonyl (C=O) groups is 1. The highest BCUT2D eigenvalue weighted by Crippen LogP contribution is 2.28. The number of hydrogen-bond donors (Lipinski definition) is 1. The number of nitrogens with one attached hydrogen (secondary N) is 1. The van der Waals surface area contributed by atoms with Gasteiger partial charge in [-0.15, -0.1) is 12.4 Å². The van der Waals surface area contributed by atoms with Gasteiger partial charge in [-0.3, -0.25) is 4.79 Å². The summed E-state index contributed by atoms with van der Waals surface area (Å²) >= 11 is 0. The number of carbonyl (C=O) groups excluding carboxylic acids is 1. The van der Waals surface area contributed by atoms with Crippen LogP contribution in [0.5, 0.6) is 0 Å². The predicted octanol–water partition coefficient (Wildman–Crippen LogP) is 2.31. The summed E-state index contributed by atoms with van der Waals surface area (Å²) in [4.78, 5) is 14.8. The number of benzene rings is 1. The molecule has 1 aromatic carbocycles. The summed E-state index contributed by atoms with van der Waals surface area (Å²) in [5, 5.41) is 11.7. The van der Waals surface area contributed by atoms with E-state index in [1.54, 1.807) is 0 Å². The van der Waals surface area contributed by atoms with Crippen molar-refractivity contribution in [3.8, 4) is 11.3 Å². The summed E-state index contributed by atoms with van der Waals surface area (Å²) in [7, 11) is 0. The molecule has 2 saturated heterocycles. The van der Waals surface area contributed by atoms with E-state index in [0.717, 1.165) is 48.6 Å². The zero-order valence-corrected chi connectivity index (χ0v) is 14.4. The van der Waals surface area contributed by atoms with Gasteiger partial charge >= 0.3 is 0 Å². The van der Waals surface area contributed by atoms with Gasteiger partial charge in [-0.2, -0.15) is 10.2 Å². The van der Waals surface area contributed by atoms with E-state index in [-0.39, 0.29) is 18.3 Å². The number of halogens is 1. The molecule has 0 spiro atoms. The summed E-state index contributed by atoms with van der Waals surface area (Å²) in [5.41, 5.74) is 3.46. The number of likely N-dealkylation sites (tertiary alicyclic amines) is 1. The molecule has 0 saturated carbocycles. The van der Waals surface area contributed by atoms with Crippen LogP contribution in [0.4, 0.5) is 0 Å². The fourth-order valence-electron chi connectivity index (χ4n) is 3.60. The average molecular weight is 345 g/mol. The summed E-state index contributed by atoms with van der Waals surface area (Å²) in [6.07, 6.45) is 1.11. The molecule has 1 amide bonds. The smallest absolute Gasteiger partial charge is 0.254 e. The van der Waals surface area contributed by atoms with Crippen molar-refractivity contribution in [2.45, 2.75) is 19.4 Å². The topological polar surface area (TPSA) is 58.1 Å². The van der Waals surface area contributed by atoms with Gasteiger partial charge in [0.05, 0.1) is 11.4 Å². The van der Waals surface area contributed by atoms with E-state index in [4.69, 9.17) is 0 Å². The Morgan fingerprint density at radius 3 is 2.62 bits per heavy atom. The van der Waals surface area contributed by atoms with Crippen molar-refractivity contribution >= 4 is 18.3 Å². The first-order valence-electron chi connectivity index (χ1n) is 8.15. The Hall–Kier alpha value is -1.98. The first kappa shape index (κ1) is 16.9. The largest absolute Gasteiger partial charge is 0.334 e. The van der Waals surface area contributed by atoms with Crippen molar-refractivity contribution in [3.63, 3.8) is 0 Å². The third-order valence-electron chi connectivity index (χ3n) is 4.93. The molecule has 1 aromatic heterocycles. The van der Waals surface area contributed by atoms with E-state index in [0.29, 0.717) is 12.0 Å². The molecule has 3 heterocycles. The van der Waals surface area contributed by atoms with Crippen molar-refractivity contribution in [2.24, 2.45) is 5.92 Å². The van der Waals surface area contributed by atoms with Crippen molar-refractivity contribution in [1.82, 2.24) is 20.4 Å². The number of rotatable bonds is 2. The van der Waals surface area contributed by atoms with Gasteiger partial charge < -0.3 is 10.2 Å². The molecule has 2 aliphatic heterocycles. The Morgan fingerprint density at radius 1 is 1.12 bits per heavy atom. The third-order valence-corrected chi connectivity index (χ3v) is 4.93. The minimum atomic E-state index is 0. The van der Waals surface area contributed by atoms with Crippen LogP contribution in [-0.2, 0) is 0 Å². The minimum Gasteiger partial charge on any atom is -0.334 e. The van der Waals surface area contributed by atoms with Crippen LogP contribution in [0.25, 0.3) is 11.3 Å². The van der Waals surface area contributed by atoms with E-state index in [2.05, 4.69) is 15.5 Å². The van der Waals surface area contributed by atoms with Crippen molar-refractivity contribution in [3.05, 3.63) is 47.7 Å². The van der Waals surface area contributed by atoms with E-state index in [1.807, 2.05) is 48.2 Å². The van der Waals surface area contributed by atoms with Gasteiger partial charge in [0.25, 0.3) is 5.91 Å². The molecular formula is C18H21ClN4O. The summed E-state index contributed by atoms with van der Waals surface area (Å²) in [5.74, 6) is 0.767. The fraction of sp³-hybridized carbons (Fsp3) is 0.389. The van der Waals surface area contributed by atoms with Gasteiger partial charge in [0, 0.05) is 36.8 Å². The molecular weight excluding hydrogens is 324 g/mol. The molecule has 5 nitrogen and oxygen atoms in total. The SMILES string of the molecule is Cc1ccc(-c2ccc(C(=O)N3CC[C@H]4CNC[C@H]43)cc2)nn1.Cl. The molecule has 0 unspecified atom stereocenters. The number of nitrogens with zero attached hydrogens (tertiary/aromatic N) is 3. The lowest BCUT2D eigenvalue weighted by atomic mass is 10.0. The van der Waals surface area contributed by atoms with Gasteiger partial charge in [0.2, 0.25) is 0 Å². The maximum atomic E-state index is 12.8. The zero-order valence-electron chi connectivity index (χ0n) is 13.6. The van der Waals surface area contributed by atoms with Crippen LogP contribution in [0.1, 0.15) is 22.5 Å². The lowest BCUT2D eigenvalue weighted by molar-refractivity contribution is 0.0737. The summed E-state index contributed by atoms with van der Waals surface area (Å²) in [6.45, 7) is 4.76. The molecule has 2 fully saturated rings. The van der Waals surface area contributed by atoms with Crippen LogP contribution in [0.2, 0.25) is 0 Å². The maximum Gasteiger partial charge on any atom is 0.254 e. The van der Waals surface area contributed by atoms with Crippen molar-refractivity contribution < 1.29 is 4.79 Å². The number of aryl methyl sites for hydroxylation is 1. The maximum absolute atomic E-state index is 12.8. The number of hydrogen-bond acceptors (Lipinski definition) is 4. The van der Waals surface area contributed by atoms with Crippen LogP contribution >= 0.6 is 12.4 Å². The van der Waals surface area contributed by atoms with Crippen molar-refractivity contribution in [1.29, 1.82) is 0 Å². The molecule has 1 N–H and O–H groups in total. The highest BCUT2D eigenvalue weighted by Gasteiger charge is 2.39. The van der Waals surface area contributed by atoms with Gasteiger partial charge in [0.15, 0.2) is 0 Å². The second-order valence-corrected chi connectivity index (χ2v) is 6.41. The molecule has 0 radical (unpaired) electrons. The Kier molecular flexibility index (Phi) is 4.83. The number of aromatic nitrogens is 2. The predicted molar refractivity (Wildman–Crippen MR) is 95.3 cm³/mol. The molecule has 6 heteroatoms. The van der Waals surface area contributed by atoms with Crippen LogP contribution in [0, 0.1) is 12.8 Å². The second kappa shape index (κ2) is 6.87.